The summed E-state index contributed by atoms with van der Waals surface area (Å²) in [5.74, 6) is 1.15. The van der Waals surface area contributed by atoms with Crippen LogP contribution in [0.15, 0.2) is 17.1 Å². The molecule has 7 heteroatoms. The molecule has 1 saturated carbocycles. The van der Waals surface area contributed by atoms with E-state index in [4.69, 9.17) is 0 Å². The second-order valence-electron chi connectivity index (χ2n) is 5.85. The second kappa shape index (κ2) is 5.15. The molecule has 22 heavy (non-hydrogen) atoms. The van der Waals surface area contributed by atoms with Gasteiger partial charge in [0.2, 0.25) is 0 Å². The summed E-state index contributed by atoms with van der Waals surface area (Å²) in [6.45, 7) is 1.99. The van der Waals surface area contributed by atoms with Crippen molar-refractivity contribution in [2.75, 3.05) is 0 Å². The van der Waals surface area contributed by atoms with Crippen molar-refractivity contribution in [3.63, 3.8) is 0 Å². The summed E-state index contributed by atoms with van der Waals surface area (Å²) in [4.78, 5) is 17.0. The fraction of sp³-hybridized carbons (Fsp3) is 0.533. The number of rotatable bonds is 2. The van der Waals surface area contributed by atoms with Crippen molar-refractivity contribution in [3.05, 3.63) is 28.4 Å². The molecule has 3 heterocycles. The molecule has 0 aromatic carbocycles. The molecule has 0 N–H and O–H groups in total. The van der Waals surface area contributed by atoms with Gasteiger partial charge in [0.15, 0.2) is 11.3 Å². The normalized spacial score (nSPS) is 16.6. The van der Waals surface area contributed by atoms with Gasteiger partial charge in [0, 0.05) is 18.7 Å². The zero-order valence-electron chi connectivity index (χ0n) is 12.6. The Morgan fingerprint density at radius 2 is 2.05 bits per heavy atom. The Kier molecular flexibility index (Phi) is 3.13. The largest absolute Gasteiger partial charge is 0.310 e. The number of hydrogen-bond donors (Lipinski definition) is 0. The summed E-state index contributed by atoms with van der Waals surface area (Å²) in [5, 5.41) is 12.6. The molecule has 3 aromatic heterocycles. The molecule has 0 bridgehead atoms. The van der Waals surface area contributed by atoms with Crippen molar-refractivity contribution in [2.24, 2.45) is 0 Å². The van der Waals surface area contributed by atoms with Crippen LogP contribution >= 0.6 is 0 Å². The summed E-state index contributed by atoms with van der Waals surface area (Å²) < 4.78 is 3.44. The molecular formula is C15H18N6O. The van der Waals surface area contributed by atoms with E-state index in [1.807, 2.05) is 23.8 Å². The predicted octanol–water partition coefficient (Wildman–Crippen LogP) is 1.90. The van der Waals surface area contributed by atoms with Gasteiger partial charge < -0.3 is 4.57 Å². The van der Waals surface area contributed by atoms with Gasteiger partial charge in [-0.1, -0.05) is 26.2 Å². The van der Waals surface area contributed by atoms with Crippen LogP contribution < -0.4 is 5.56 Å². The third kappa shape index (κ3) is 2.00. The van der Waals surface area contributed by atoms with Crippen LogP contribution in [0.4, 0.5) is 0 Å². The Balaban J connectivity index is 1.91. The molecule has 1 aliphatic carbocycles. The number of nitrogens with zero attached hydrogens (tertiary/aromatic N) is 6. The highest BCUT2D eigenvalue weighted by Gasteiger charge is 2.19. The Morgan fingerprint density at radius 3 is 2.82 bits per heavy atom. The molecule has 4 rings (SSSR count). The number of aryl methyl sites for hydroxylation is 1. The third-order valence-electron chi connectivity index (χ3n) is 4.46. The zero-order chi connectivity index (χ0) is 15.1. The minimum atomic E-state index is -0.0765. The van der Waals surface area contributed by atoms with Gasteiger partial charge >= 0.3 is 0 Å². The lowest BCUT2D eigenvalue weighted by Crippen LogP contribution is -2.27. The van der Waals surface area contributed by atoms with Crippen LogP contribution in [0.5, 0.6) is 0 Å². The molecule has 0 saturated heterocycles. The van der Waals surface area contributed by atoms with E-state index in [1.54, 1.807) is 4.52 Å². The van der Waals surface area contributed by atoms with Crippen molar-refractivity contribution >= 4 is 16.8 Å². The van der Waals surface area contributed by atoms with Crippen molar-refractivity contribution in [3.8, 4) is 0 Å². The minimum Gasteiger partial charge on any atom is -0.310 e. The monoisotopic (exact) mass is 298 g/mol. The van der Waals surface area contributed by atoms with E-state index in [0.717, 1.165) is 19.3 Å². The van der Waals surface area contributed by atoms with Crippen LogP contribution in [0.2, 0.25) is 0 Å². The number of aromatic nitrogens is 6. The van der Waals surface area contributed by atoms with E-state index < -0.39 is 0 Å². The summed E-state index contributed by atoms with van der Waals surface area (Å²) >= 11 is 0. The lowest BCUT2D eigenvalue weighted by atomic mass is 9.95. The fourth-order valence-corrected chi connectivity index (χ4v) is 3.26. The molecule has 0 aliphatic heterocycles. The summed E-state index contributed by atoms with van der Waals surface area (Å²) in [6.07, 6.45) is 8.34. The van der Waals surface area contributed by atoms with Gasteiger partial charge in [0.05, 0.1) is 0 Å². The van der Waals surface area contributed by atoms with Gasteiger partial charge in [-0.15, -0.1) is 15.3 Å². The molecule has 7 nitrogen and oxygen atoms in total. The lowest BCUT2D eigenvalue weighted by molar-refractivity contribution is 0.347. The van der Waals surface area contributed by atoms with Crippen LogP contribution in [-0.4, -0.2) is 29.4 Å². The van der Waals surface area contributed by atoms with E-state index in [2.05, 4.69) is 20.3 Å². The van der Waals surface area contributed by atoms with Gasteiger partial charge in [-0.25, -0.2) is 0 Å². The highest BCUT2D eigenvalue weighted by atomic mass is 16.1. The van der Waals surface area contributed by atoms with Crippen molar-refractivity contribution < 1.29 is 0 Å². The van der Waals surface area contributed by atoms with Gasteiger partial charge in [-0.3, -0.25) is 4.79 Å². The molecule has 3 aromatic rings. The van der Waals surface area contributed by atoms with Gasteiger partial charge in [-0.05, 0) is 18.9 Å². The first-order chi connectivity index (χ1) is 10.8. The summed E-state index contributed by atoms with van der Waals surface area (Å²) in [5.41, 5.74) is 0.967. The van der Waals surface area contributed by atoms with E-state index in [0.29, 0.717) is 22.6 Å². The first-order valence-electron chi connectivity index (χ1n) is 7.91. The van der Waals surface area contributed by atoms with E-state index in [-0.39, 0.29) is 11.6 Å². The van der Waals surface area contributed by atoms with Gasteiger partial charge in [0.1, 0.15) is 5.52 Å². The van der Waals surface area contributed by atoms with E-state index in [9.17, 15) is 4.79 Å². The van der Waals surface area contributed by atoms with E-state index in [1.165, 1.54) is 19.3 Å². The quantitative estimate of drug-likeness (QED) is 0.722. The van der Waals surface area contributed by atoms with Crippen molar-refractivity contribution in [1.29, 1.82) is 0 Å². The summed E-state index contributed by atoms with van der Waals surface area (Å²) in [7, 11) is 0. The fourth-order valence-electron chi connectivity index (χ4n) is 3.26. The van der Waals surface area contributed by atoms with Gasteiger partial charge in [0.25, 0.3) is 11.3 Å². The molecular weight excluding hydrogens is 280 g/mol. The summed E-state index contributed by atoms with van der Waals surface area (Å²) in [6, 6.07) is 2.19. The molecule has 0 amide bonds. The first kappa shape index (κ1) is 13.4. The van der Waals surface area contributed by atoms with Crippen molar-refractivity contribution in [1.82, 2.24) is 29.4 Å². The maximum Gasteiger partial charge on any atom is 0.280 e. The molecule has 0 radical (unpaired) electrons. The van der Waals surface area contributed by atoms with E-state index >= 15 is 0 Å². The number of pyridine rings is 1. The minimum absolute atomic E-state index is 0.0765. The predicted molar refractivity (Wildman–Crippen MR) is 81.8 cm³/mol. The average Bonchev–Trinajstić information content (AvgIpc) is 2.99. The Labute approximate surface area is 127 Å². The van der Waals surface area contributed by atoms with Crippen LogP contribution in [0.1, 0.15) is 50.9 Å². The molecule has 0 unspecified atom stereocenters. The SMILES string of the molecule is CCc1nc2nnc3c(=O)n(C4CCCCC4)ccc3n2n1. The number of hydrogen-bond acceptors (Lipinski definition) is 5. The molecule has 0 atom stereocenters. The highest BCUT2D eigenvalue weighted by Crippen LogP contribution is 2.27. The number of fused-ring (bicyclic) bond motifs is 3. The Bertz CT molecular complexity index is 890. The first-order valence-corrected chi connectivity index (χ1v) is 7.91. The Hall–Kier alpha value is -2.31. The lowest BCUT2D eigenvalue weighted by Gasteiger charge is -2.23. The topological polar surface area (TPSA) is 78.0 Å². The maximum absolute atomic E-state index is 12.7. The van der Waals surface area contributed by atoms with Crippen LogP contribution in [-0.2, 0) is 6.42 Å². The Morgan fingerprint density at radius 1 is 1.23 bits per heavy atom. The van der Waals surface area contributed by atoms with Crippen LogP contribution in [0.3, 0.4) is 0 Å². The third-order valence-corrected chi connectivity index (χ3v) is 4.46. The highest BCUT2D eigenvalue weighted by molar-refractivity contribution is 5.74. The van der Waals surface area contributed by atoms with Crippen LogP contribution in [0, 0.1) is 0 Å². The average molecular weight is 298 g/mol. The van der Waals surface area contributed by atoms with Crippen molar-refractivity contribution in [2.45, 2.75) is 51.5 Å². The standard InChI is InChI=1S/C15H18N6O/c1-2-12-16-15-18-17-13-11(21(15)19-12)8-9-20(14(13)22)10-6-4-3-5-7-10/h8-10H,2-7H2,1H3. The molecule has 1 fully saturated rings. The second-order valence-corrected chi connectivity index (χ2v) is 5.85. The molecule has 114 valence electrons. The molecule has 0 spiro atoms. The van der Waals surface area contributed by atoms with Gasteiger partial charge in [-0.2, -0.15) is 9.50 Å². The zero-order valence-corrected chi connectivity index (χ0v) is 12.6. The smallest absolute Gasteiger partial charge is 0.280 e. The van der Waals surface area contributed by atoms with Crippen LogP contribution in [0.25, 0.3) is 16.8 Å². The maximum atomic E-state index is 12.7. The molecule has 1 aliphatic rings.